The quantitative estimate of drug-likeness (QED) is 0.296. The number of azide groups is 2. The largest absolute Gasteiger partial charge is 0.374 e. The SMILES string of the molecule is CC(O)(C(CN=[N+]=[N-])N=[N+]=[N-])[SH](=O)=O. The van der Waals surface area contributed by atoms with Crippen molar-refractivity contribution in [2.45, 2.75) is 17.9 Å². The monoisotopic (exact) mass is 220 g/mol. The molecule has 0 fully saturated rings. The van der Waals surface area contributed by atoms with E-state index in [1.807, 2.05) is 0 Å². The maximum atomic E-state index is 10.6. The van der Waals surface area contributed by atoms with E-state index in [4.69, 9.17) is 11.1 Å². The molecule has 0 aromatic rings. The predicted molar refractivity (Wildman–Crippen MR) is 47.9 cm³/mol. The van der Waals surface area contributed by atoms with Gasteiger partial charge in [-0.15, -0.1) is 0 Å². The van der Waals surface area contributed by atoms with Crippen LogP contribution < -0.4 is 0 Å². The van der Waals surface area contributed by atoms with Crippen LogP contribution >= 0.6 is 0 Å². The van der Waals surface area contributed by atoms with Gasteiger partial charge in [0.15, 0.2) is 15.6 Å². The van der Waals surface area contributed by atoms with Crippen molar-refractivity contribution >= 4 is 10.7 Å². The van der Waals surface area contributed by atoms with Gasteiger partial charge in [-0.3, -0.25) is 0 Å². The van der Waals surface area contributed by atoms with Gasteiger partial charge in [-0.25, -0.2) is 8.42 Å². The zero-order valence-corrected chi connectivity index (χ0v) is 8.07. The summed E-state index contributed by atoms with van der Waals surface area (Å²) in [5.41, 5.74) is 16.1. The molecule has 0 radical (unpaired) electrons. The molecule has 10 heteroatoms. The molecule has 2 atom stereocenters. The minimum absolute atomic E-state index is 0.420. The minimum atomic E-state index is -3.20. The number of thiol groups is 1. The van der Waals surface area contributed by atoms with E-state index in [9.17, 15) is 13.5 Å². The van der Waals surface area contributed by atoms with Crippen LogP contribution in [0.1, 0.15) is 6.92 Å². The van der Waals surface area contributed by atoms with Crippen LogP contribution in [-0.4, -0.2) is 31.0 Å². The number of nitrogens with zero attached hydrogens (tertiary/aromatic N) is 6. The van der Waals surface area contributed by atoms with E-state index in [0.29, 0.717) is 0 Å². The third-order valence-corrected chi connectivity index (χ3v) is 2.55. The highest BCUT2D eigenvalue weighted by Gasteiger charge is 2.34. The van der Waals surface area contributed by atoms with Crippen molar-refractivity contribution < 1.29 is 13.5 Å². The summed E-state index contributed by atoms with van der Waals surface area (Å²) < 4.78 is 21.1. The van der Waals surface area contributed by atoms with Gasteiger partial charge in [0.2, 0.25) is 0 Å². The van der Waals surface area contributed by atoms with Crippen LogP contribution in [0.2, 0.25) is 0 Å². The summed E-state index contributed by atoms with van der Waals surface area (Å²) >= 11 is 0. The van der Waals surface area contributed by atoms with E-state index >= 15 is 0 Å². The van der Waals surface area contributed by atoms with Crippen molar-refractivity contribution in [3.63, 3.8) is 0 Å². The molecule has 0 aromatic heterocycles. The van der Waals surface area contributed by atoms with Gasteiger partial charge in [0, 0.05) is 16.4 Å². The summed E-state index contributed by atoms with van der Waals surface area (Å²) in [5.74, 6) is 0. The fourth-order valence-corrected chi connectivity index (χ4v) is 0.993. The fourth-order valence-electron chi connectivity index (χ4n) is 0.617. The second-order valence-electron chi connectivity index (χ2n) is 2.49. The lowest BCUT2D eigenvalue weighted by atomic mass is 10.2. The highest BCUT2D eigenvalue weighted by atomic mass is 32.2. The van der Waals surface area contributed by atoms with Crippen molar-refractivity contribution in [1.29, 1.82) is 0 Å². The van der Waals surface area contributed by atoms with Gasteiger partial charge in [0.25, 0.3) is 0 Å². The highest BCUT2D eigenvalue weighted by Crippen LogP contribution is 2.15. The topological polar surface area (TPSA) is 152 Å². The molecule has 0 rings (SSSR count). The molecule has 14 heavy (non-hydrogen) atoms. The summed E-state index contributed by atoms with van der Waals surface area (Å²) in [4.78, 5) is 2.50. The Morgan fingerprint density at radius 3 is 2.43 bits per heavy atom. The molecule has 2 unspecified atom stereocenters. The third-order valence-electron chi connectivity index (χ3n) is 1.51. The normalized spacial score (nSPS) is 16.2. The molecule has 78 valence electrons. The first-order chi connectivity index (χ1) is 6.46. The van der Waals surface area contributed by atoms with Crippen LogP contribution in [0, 0.1) is 0 Å². The zero-order chi connectivity index (χ0) is 11.2. The Labute approximate surface area is 80.6 Å². The lowest BCUT2D eigenvalue weighted by Crippen LogP contribution is -2.41. The van der Waals surface area contributed by atoms with E-state index in [1.54, 1.807) is 0 Å². The first-order valence-corrected chi connectivity index (χ1v) is 4.56. The van der Waals surface area contributed by atoms with Crippen molar-refractivity contribution in [1.82, 2.24) is 0 Å². The van der Waals surface area contributed by atoms with Gasteiger partial charge in [0.1, 0.15) is 0 Å². The molecule has 0 saturated heterocycles. The molecule has 0 spiro atoms. The highest BCUT2D eigenvalue weighted by molar-refractivity contribution is 7.73. The standard InChI is InChI=1S/C4H8N6O3S/c1-4(11,14(12)13)3(8-10-6)2-7-9-5/h3,11,14H,2H2,1H3. The van der Waals surface area contributed by atoms with Gasteiger partial charge in [-0.1, -0.05) is 10.2 Å². The van der Waals surface area contributed by atoms with Crippen molar-refractivity contribution in [3.05, 3.63) is 20.9 Å². The molecule has 9 nitrogen and oxygen atoms in total. The minimum Gasteiger partial charge on any atom is -0.374 e. The maximum Gasteiger partial charge on any atom is 0.169 e. The van der Waals surface area contributed by atoms with E-state index in [0.717, 1.165) is 6.92 Å². The summed E-state index contributed by atoms with van der Waals surface area (Å²) in [6, 6.07) is -1.33. The van der Waals surface area contributed by atoms with Gasteiger partial charge < -0.3 is 5.11 Å². The van der Waals surface area contributed by atoms with E-state index < -0.39 is 28.2 Å². The van der Waals surface area contributed by atoms with Crippen LogP contribution in [0.3, 0.4) is 0 Å². The number of rotatable bonds is 5. The summed E-state index contributed by atoms with van der Waals surface area (Å²) in [5, 5.41) is 15.4. The molecule has 0 bridgehead atoms. The summed E-state index contributed by atoms with van der Waals surface area (Å²) in [6.07, 6.45) is 0. The van der Waals surface area contributed by atoms with Crippen LogP contribution in [0.25, 0.3) is 20.9 Å². The Kier molecular flexibility index (Phi) is 4.74. The molecule has 0 aliphatic heterocycles. The smallest absolute Gasteiger partial charge is 0.169 e. The Morgan fingerprint density at radius 2 is 2.07 bits per heavy atom. The molecular formula is C4H8N6O3S. The Hall–Kier alpha value is -1.47. The van der Waals surface area contributed by atoms with Crippen molar-refractivity contribution in [2.75, 3.05) is 6.54 Å². The average Bonchev–Trinajstić information content (AvgIpc) is 2.11. The second kappa shape index (κ2) is 5.30. The summed E-state index contributed by atoms with van der Waals surface area (Å²) in [6.45, 7) is 0.543. The number of aliphatic hydroxyl groups is 1. The van der Waals surface area contributed by atoms with Gasteiger partial charge in [-0.05, 0) is 18.0 Å². The third kappa shape index (κ3) is 3.11. The fraction of sp³-hybridized carbons (Fsp3) is 1.00. The lowest BCUT2D eigenvalue weighted by molar-refractivity contribution is 0.121. The number of hydrogen-bond donors (Lipinski definition) is 2. The Morgan fingerprint density at radius 1 is 1.50 bits per heavy atom. The first kappa shape index (κ1) is 12.5. The molecule has 0 aliphatic carbocycles. The Balaban J connectivity index is 4.98. The van der Waals surface area contributed by atoms with Gasteiger partial charge in [-0.2, -0.15) is 0 Å². The van der Waals surface area contributed by atoms with Crippen LogP contribution in [-0.2, 0) is 10.7 Å². The van der Waals surface area contributed by atoms with E-state index in [1.165, 1.54) is 0 Å². The molecule has 0 heterocycles. The van der Waals surface area contributed by atoms with Crippen molar-refractivity contribution in [3.8, 4) is 0 Å². The van der Waals surface area contributed by atoms with Crippen LogP contribution in [0.5, 0.6) is 0 Å². The number of hydrogen-bond acceptors (Lipinski definition) is 5. The summed E-state index contributed by atoms with van der Waals surface area (Å²) in [7, 11) is -3.20. The predicted octanol–water partition coefficient (Wildman–Crippen LogP) is 0.296. The first-order valence-electron chi connectivity index (χ1n) is 3.38. The Bertz CT molecular complexity index is 355. The van der Waals surface area contributed by atoms with Gasteiger partial charge in [0.05, 0.1) is 6.04 Å². The molecule has 0 saturated carbocycles. The lowest BCUT2D eigenvalue weighted by Gasteiger charge is -2.21. The zero-order valence-electron chi connectivity index (χ0n) is 7.18. The molecule has 0 amide bonds. The average molecular weight is 220 g/mol. The van der Waals surface area contributed by atoms with Crippen LogP contribution in [0.4, 0.5) is 0 Å². The van der Waals surface area contributed by atoms with Crippen LogP contribution in [0.15, 0.2) is 10.2 Å². The second-order valence-corrected chi connectivity index (χ2v) is 3.90. The van der Waals surface area contributed by atoms with E-state index in [-0.39, 0.29) is 0 Å². The molecule has 0 aromatic carbocycles. The molecule has 0 aliphatic rings. The maximum absolute atomic E-state index is 10.6. The van der Waals surface area contributed by atoms with E-state index in [2.05, 4.69) is 20.1 Å². The van der Waals surface area contributed by atoms with Crippen molar-refractivity contribution in [2.24, 2.45) is 10.2 Å². The molecule has 1 N–H and O–H groups in total. The van der Waals surface area contributed by atoms with Gasteiger partial charge >= 0.3 is 0 Å². The molecular weight excluding hydrogens is 212 g/mol.